The molecular formula is C68H114O6. The van der Waals surface area contributed by atoms with E-state index in [9.17, 15) is 14.4 Å². The second-order valence-corrected chi connectivity index (χ2v) is 20.2. The summed E-state index contributed by atoms with van der Waals surface area (Å²) in [6, 6.07) is 0. The van der Waals surface area contributed by atoms with Crippen molar-refractivity contribution < 1.29 is 28.6 Å². The number of unbranched alkanes of at least 4 members (excludes halogenated alkanes) is 26. The normalized spacial score (nSPS) is 12.9. The molecule has 6 nitrogen and oxygen atoms in total. The summed E-state index contributed by atoms with van der Waals surface area (Å²) in [6.45, 7) is 6.47. The highest BCUT2D eigenvalue weighted by molar-refractivity contribution is 5.71. The largest absolute Gasteiger partial charge is 0.462 e. The topological polar surface area (TPSA) is 78.9 Å². The van der Waals surface area contributed by atoms with E-state index >= 15 is 0 Å². The molecule has 74 heavy (non-hydrogen) atoms. The van der Waals surface area contributed by atoms with Gasteiger partial charge in [-0.15, -0.1) is 0 Å². The van der Waals surface area contributed by atoms with Crippen molar-refractivity contribution in [2.45, 2.75) is 290 Å². The summed E-state index contributed by atoms with van der Waals surface area (Å²) in [5, 5.41) is 0. The zero-order valence-electron chi connectivity index (χ0n) is 48.3. The standard InChI is InChI=1S/C68H114O6/c1-4-7-10-13-16-19-21-23-24-25-26-27-28-29-30-31-32-33-34-35-36-37-38-39-40-41-42-43-44-45-47-49-52-55-58-61-67(70)73-64-65(63-72-66(69)60-57-54-51-48-18-15-12-9-6-3)74-68(71)62-59-56-53-50-46-22-20-17-14-11-8-5-2/h7,10,16-17,19-20,23-24,26-27,29-30,32-33,35-36,38-39,65H,4-6,8-9,11-15,18,21-22,25,28,31,34,37,40-64H2,1-3H3/b10-7-,19-16-,20-17-,24-23-,27-26-,30-29-,33-32-,36-35-,39-38-. The van der Waals surface area contributed by atoms with Crippen LogP contribution in [0.25, 0.3) is 0 Å². The molecule has 6 heteroatoms. The highest BCUT2D eigenvalue weighted by Gasteiger charge is 2.19. The van der Waals surface area contributed by atoms with Gasteiger partial charge in [-0.2, -0.15) is 0 Å². The van der Waals surface area contributed by atoms with Gasteiger partial charge in [0.25, 0.3) is 0 Å². The van der Waals surface area contributed by atoms with E-state index in [1.165, 1.54) is 122 Å². The van der Waals surface area contributed by atoms with Gasteiger partial charge in [0.15, 0.2) is 6.10 Å². The molecule has 0 N–H and O–H groups in total. The number of carbonyl (C=O) groups excluding carboxylic acids is 3. The molecule has 0 aromatic carbocycles. The van der Waals surface area contributed by atoms with Crippen LogP contribution in [0.4, 0.5) is 0 Å². The number of esters is 3. The van der Waals surface area contributed by atoms with E-state index in [1.807, 2.05) is 0 Å². The van der Waals surface area contributed by atoms with E-state index in [-0.39, 0.29) is 31.1 Å². The molecule has 0 aromatic heterocycles. The minimum atomic E-state index is -0.780. The van der Waals surface area contributed by atoms with Gasteiger partial charge in [0, 0.05) is 19.3 Å². The SMILES string of the molecule is CC/C=C\C/C=C\C/C=C\C/C=C\C/C=C\C/C=C\C/C=C\C/C=C\CCCCCCCCCCCCC(=O)OCC(COC(=O)CCCCCCCCCCC)OC(=O)CCCCCCC/C=C\CCCCC. The molecule has 0 fully saturated rings. The molecule has 0 aromatic rings. The van der Waals surface area contributed by atoms with Crippen LogP contribution in [0.2, 0.25) is 0 Å². The average molecular weight is 1030 g/mol. The number of ether oxygens (including phenoxy) is 3. The second kappa shape index (κ2) is 61.6. The lowest BCUT2D eigenvalue weighted by molar-refractivity contribution is -0.167. The van der Waals surface area contributed by atoms with Crippen LogP contribution in [-0.4, -0.2) is 37.2 Å². The van der Waals surface area contributed by atoms with Crippen molar-refractivity contribution in [1.29, 1.82) is 0 Å². The van der Waals surface area contributed by atoms with Crippen LogP contribution in [0.5, 0.6) is 0 Å². The molecule has 1 unspecified atom stereocenters. The first kappa shape index (κ1) is 70.1. The highest BCUT2D eigenvalue weighted by Crippen LogP contribution is 2.15. The van der Waals surface area contributed by atoms with Gasteiger partial charge >= 0.3 is 17.9 Å². The first-order valence-electron chi connectivity index (χ1n) is 30.9. The lowest BCUT2D eigenvalue weighted by atomic mass is 10.1. The van der Waals surface area contributed by atoms with E-state index in [1.54, 1.807) is 0 Å². The Kier molecular flexibility index (Phi) is 58.3. The maximum absolute atomic E-state index is 12.8. The van der Waals surface area contributed by atoms with Gasteiger partial charge in [0.1, 0.15) is 13.2 Å². The van der Waals surface area contributed by atoms with E-state index in [0.29, 0.717) is 19.3 Å². The van der Waals surface area contributed by atoms with E-state index in [2.05, 4.69) is 130 Å². The van der Waals surface area contributed by atoms with Crippen LogP contribution in [-0.2, 0) is 28.6 Å². The summed E-state index contributed by atoms with van der Waals surface area (Å²) in [5.74, 6) is -0.894. The second-order valence-electron chi connectivity index (χ2n) is 20.2. The van der Waals surface area contributed by atoms with Gasteiger partial charge in [-0.05, 0) is 109 Å². The van der Waals surface area contributed by atoms with Crippen molar-refractivity contribution in [3.63, 3.8) is 0 Å². The number of hydrogen-bond donors (Lipinski definition) is 0. The molecule has 0 saturated carbocycles. The van der Waals surface area contributed by atoms with Crippen LogP contribution >= 0.6 is 0 Å². The third-order valence-corrected chi connectivity index (χ3v) is 13.0. The third-order valence-electron chi connectivity index (χ3n) is 13.0. The number of hydrogen-bond acceptors (Lipinski definition) is 6. The molecule has 0 aliphatic heterocycles. The fraction of sp³-hybridized carbons (Fsp3) is 0.691. The summed E-state index contributed by atoms with van der Waals surface area (Å²) in [5.41, 5.74) is 0. The molecule has 0 aliphatic rings. The van der Waals surface area contributed by atoms with Gasteiger partial charge in [0.05, 0.1) is 0 Å². The van der Waals surface area contributed by atoms with Crippen LogP contribution in [0.1, 0.15) is 284 Å². The Labute approximate surface area is 457 Å². The van der Waals surface area contributed by atoms with E-state index in [0.717, 1.165) is 122 Å². The van der Waals surface area contributed by atoms with Gasteiger partial charge in [-0.25, -0.2) is 0 Å². The summed E-state index contributed by atoms with van der Waals surface area (Å²) >= 11 is 0. The minimum absolute atomic E-state index is 0.0799. The van der Waals surface area contributed by atoms with E-state index < -0.39 is 6.10 Å². The molecule has 0 bridgehead atoms. The molecule has 0 spiro atoms. The smallest absolute Gasteiger partial charge is 0.306 e. The third kappa shape index (κ3) is 59.0. The van der Waals surface area contributed by atoms with Gasteiger partial charge in [-0.1, -0.05) is 265 Å². The van der Waals surface area contributed by atoms with Crippen molar-refractivity contribution >= 4 is 17.9 Å². The van der Waals surface area contributed by atoms with Crippen molar-refractivity contribution in [2.24, 2.45) is 0 Å². The molecule has 1 atom stereocenters. The number of rotatable bonds is 55. The fourth-order valence-electron chi connectivity index (χ4n) is 8.39. The first-order valence-corrected chi connectivity index (χ1v) is 30.9. The molecule has 0 rings (SSSR count). The van der Waals surface area contributed by atoms with Crippen LogP contribution in [0, 0.1) is 0 Å². The Bertz CT molecular complexity index is 1510. The van der Waals surface area contributed by atoms with Crippen molar-refractivity contribution in [1.82, 2.24) is 0 Å². The minimum Gasteiger partial charge on any atom is -0.462 e. The predicted molar refractivity (Wildman–Crippen MR) is 320 cm³/mol. The summed E-state index contributed by atoms with van der Waals surface area (Å²) in [4.78, 5) is 38.0. The van der Waals surface area contributed by atoms with Crippen molar-refractivity contribution in [3.05, 3.63) is 109 Å². The molecule has 0 heterocycles. The van der Waals surface area contributed by atoms with Gasteiger partial charge < -0.3 is 14.2 Å². The summed E-state index contributed by atoms with van der Waals surface area (Å²) < 4.78 is 16.8. The summed E-state index contributed by atoms with van der Waals surface area (Å²) in [6.07, 6.45) is 84.0. The molecule has 0 amide bonds. The highest BCUT2D eigenvalue weighted by atomic mass is 16.6. The molecular weight excluding hydrogens is 913 g/mol. The zero-order chi connectivity index (χ0) is 53.6. The van der Waals surface area contributed by atoms with Crippen LogP contribution in [0.15, 0.2) is 109 Å². The Morgan fingerprint density at radius 3 is 0.865 bits per heavy atom. The first-order chi connectivity index (χ1) is 36.5. The quantitative estimate of drug-likeness (QED) is 0.0261. The average Bonchev–Trinajstić information content (AvgIpc) is 3.40. The Balaban J connectivity index is 4.10. The Hall–Kier alpha value is -3.93. The Morgan fingerprint density at radius 2 is 0.527 bits per heavy atom. The lowest BCUT2D eigenvalue weighted by Gasteiger charge is -2.18. The van der Waals surface area contributed by atoms with Crippen molar-refractivity contribution in [2.75, 3.05) is 13.2 Å². The van der Waals surface area contributed by atoms with Gasteiger partial charge in [0.2, 0.25) is 0 Å². The molecule has 0 aliphatic carbocycles. The predicted octanol–water partition coefficient (Wildman–Crippen LogP) is 21.0. The molecule has 0 saturated heterocycles. The van der Waals surface area contributed by atoms with Crippen LogP contribution in [0.3, 0.4) is 0 Å². The fourth-order valence-corrected chi connectivity index (χ4v) is 8.39. The Morgan fingerprint density at radius 1 is 0.284 bits per heavy atom. The number of carbonyl (C=O) groups is 3. The van der Waals surface area contributed by atoms with E-state index in [4.69, 9.17) is 14.2 Å². The molecule has 0 radical (unpaired) electrons. The zero-order valence-corrected chi connectivity index (χ0v) is 48.3. The molecule has 422 valence electrons. The summed E-state index contributed by atoms with van der Waals surface area (Å²) in [7, 11) is 0. The maximum Gasteiger partial charge on any atom is 0.306 e. The monoisotopic (exact) mass is 1030 g/mol. The number of allylic oxidation sites excluding steroid dienone is 18. The lowest BCUT2D eigenvalue weighted by Crippen LogP contribution is -2.30. The maximum atomic E-state index is 12.8. The van der Waals surface area contributed by atoms with Crippen molar-refractivity contribution in [3.8, 4) is 0 Å². The van der Waals surface area contributed by atoms with Gasteiger partial charge in [-0.3, -0.25) is 14.4 Å². The van der Waals surface area contributed by atoms with Crippen LogP contribution < -0.4 is 0 Å².